The largest absolute Gasteiger partial charge is 0.480 e. The van der Waals surface area contributed by atoms with Crippen LogP contribution in [0.15, 0.2) is 24.9 Å². The molecule has 0 aliphatic heterocycles. The average molecular weight is 923 g/mol. The van der Waals surface area contributed by atoms with Gasteiger partial charge in [0.2, 0.25) is 23.6 Å². The van der Waals surface area contributed by atoms with Crippen molar-refractivity contribution in [1.29, 1.82) is 0 Å². The van der Waals surface area contributed by atoms with Crippen LogP contribution in [0.25, 0.3) is 0 Å². The van der Waals surface area contributed by atoms with E-state index in [1.165, 1.54) is 24.9 Å². The van der Waals surface area contributed by atoms with E-state index in [-0.39, 0.29) is 78.7 Å². The van der Waals surface area contributed by atoms with Gasteiger partial charge in [0, 0.05) is 36.2 Å². The molecule has 1 aliphatic carbocycles. The van der Waals surface area contributed by atoms with Crippen molar-refractivity contribution in [2.45, 2.75) is 79.6 Å². The van der Waals surface area contributed by atoms with Crippen LogP contribution in [0.4, 0.5) is 11.4 Å². The lowest BCUT2D eigenvalue weighted by molar-refractivity contribution is -0.140. The van der Waals surface area contributed by atoms with Crippen LogP contribution in [-0.2, 0) is 43.2 Å². The summed E-state index contributed by atoms with van der Waals surface area (Å²) in [5, 5.41) is 44.2. The number of rotatable bonds is 26. The van der Waals surface area contributed by atoms with Crippen LogP contribution in [0, 0.1) is 11.8 Å². The van der Waals surface area contributed by atoms with E-state index in [4.69, 9.17) is 33.1 Å². The fraction of sp³-hybridized carbons (Fsp3) is 0.528. The molecule has 0 spiro atoms. The highest BCUT2D eigenvalue weighted by Gasteiger charge is 2.44. The number of nitrogens with zero attached hydrogens (tertiary/aromatic N) is 4. The summed E-state index contributed by atoms with van der Waals surface area (Å²) in [4.78, 5) is 129. The Morgan fingerprint density at radius 3 is 1.60 bits per heavy atom. The molecule has 1 saturated carbocycles. The Kier molecular flexibility index (Phi) is 20.3. The molecule has 4 amide bonds. The van der Waals surface area contributed by atoms with Gasteiger partial charge in [-0.15, -0.1) is 23.5 Å². The lowest BCUT2D eigenvalue weighted by Crippen LogP contribution is -2.50. The first-order valence-corrected chi connectivity index (χ1v) is 21.3. The second-order valence-electron chi connectivity index (χ2n) is 14.2. The number of carboxylic acid groups (broad SMARTS) is 4. The van der Waals surface area contributed by atoms with E-state index in [2.05, 4.69) is 41.2 Å². The number of carboxylic acids is 4. The number of Topliss-reactive ketones (excluding diaryl/α,β-unsaturated/α-hetero) is 1. The van der Waals surface area contributed by atoms with Crippen LogP contribution in [-0.4, -0.2) is 142 Å². The minimum absolute atomic E-state index is 0.0894. The molecule has 1 fully saturated rings. The predicted octanol–water partition coefficient (Wildman–Crippen LogP) is -2.58. The Morgan fingerprint density at radius 2 is 1.16 bits per heavy atom. The topological polar surface area (TPSA) is 438 Å². The maximum Gasteiger partial charge on any atom is 0.322 e. The highest BCUT2D eigenvalue weighted by molar-refractivity contribution is 7.99. The molecule has 8 atom stereocenters. The number of hydrogen-bond acceptors (Lipinski definition) is 19. The maximum atomic E-state index is 14.9. The van der Waals surface area contributed by atoms with Crippen molar-refractivity contribution in [3.05, 3.63) is 36.4 Å². The molecule has 0 saturated heterocycles. The van der Waals surface area contributed by atoms with Crippen LogP contribution in [0.5, 0.6) is 0 Å². The highest BCUT2D eigenvalue weighted by atomic mass is 32.2. The average Bonchev–Trinajstić information content (AvgIpc) is 3.23. The quantitative estimate of drug-likeness (QED) is 0.0461. The Hall–Kier alpha value is -6.19. The molecule has 3 rings (SSSR count). The van der Waals surface area contributed by atoms with Crippen LogP contribution in [0.2, 0.25) is 0 Å². The van der Waals surface area contributed by atoms with Crippen molar-refractivity contribution < 1.29 is 63.6 Å². The fourth-order valence-electron chi connectivity index (χ4n) is 6.25. The monoisotopic (exact) mass is 922 g/mol. The summed E-state index contributed by atoms with van der Waals surface area (Å²) in [7, 11) is 0. The summed E-state index contributed by atoms with van der Waals surface area (Å²) < 4.78 is 0. The number of nitrogen functional groups attached to an aromatic ring is 2. The first-order chi connectivity index (χ1) is 29.8. The molecule has 2 heterocycles. The maximum absolute atomic E-state index is 14.9. The zero-order chi connectivity index (χ0) is 46.8. The third kappa shape index (κ3) is 16.6. The first kappa shape index (κ1) is 51.2. The minimum atomic E-state index is -1.39. The van der Waals surface area contributed by atoms with Crippen LogP contribution in [0.1, 0.15) is 67.0 Å². The molecule has 0 bridgehead atoms. The number of carbonyl (C=O) groups excluding carboxylic acids is 5. The normalized spacial score (nSPS) is 17.7. The fourth-order valence-corrected chi connectivity index (χ4v) is 9.15. The van der Waals surface area contributed by atoms with E-state index in [1.807, 2.05) is 0 Å². The SMILES string of the molecule is Nc1cnc(C(SC[C@H](NC(=O)CC[C@@H](N)C(=O)O)C(=O)NCC(=O)O)C2CCCC(C(SC[C@H](NC(=O)CC[C@H](N)C(=O)O)C(=O)NCC(=O)O)c3ncncc3N)C2=O)nc1. The number of aromatic nitrogens is 4. The van der Waals surface area contributed by atoms with Gasteiger partial charge in [0.15, 0.2) is 0 Å². The summed E-state index contributed by atoms with van der Waals surface area (Å²) in [6.07, 6.45) is 4.81. The van der Waals surface area contributed by atoms with Gasteiger partial charge >= 0.3 is 23.9 Å². The summed E-state index contributed by atoms with van der Waals surface area (Å²) in [6, 6.07) is -5.52. The number of nitrogens with one attached hydrogen (secondary N) is 4. The van der Waals surface area contributed by atoms with Crippen LogP contribution < -0.4 is 44.2 Å². The summed E-state index contributed by atoms with van der Waals surface area (Å²) in [6.45, 7) is -1.58. The van der Waals surface area contributed by atoms with Crippen molar-refractivity contribution in [1.82, 2.24) is 41.2 Å². The van der Waals surface area contributed by atoms with Gasteiger partial charge < -0.3 is 64.6 Å². The number of nitrogens with two attached hydrogens (primary N) is 4. The van der Waals surface area contributed by atoms with Crippen molar-refractivity contribution >= 4 is 88.2 Å². The van der Waals surface area contributed by atoms with Crippen LogP contribution >= 0.6 is 23.5 Å². The lowest BCUT2D eigenvalue weighted by Gasteiger charge is -2.36. The number of amides is 4. The Balaban J connectivity index is 1.98. The number of carbonyl (C=O) groups is 9. The Labute approximate surface area is 367 Å². The lowest BCUT2D eigenvalue weighted by atomic mass is 9.76. The smallest absolute Gasteiger partial charge is 0.322 e. The number of ketones is 1. The van der Waals surface area contributed by atoms with Gasteiger partial charge in [-0.1, -0.05) is 6.42 Å². The van der Waals surface area contributed by atoms with Gasteiger partial charge in [-0.3, -0.25) is 43.2 Å². The highest BCUT2D eigenvalue weighted by Crippen LogP contribution is 2.48. The molecule has 4 unspecified atom stereocenters. The molecular formula is C36H50N12O13S2. The third-order valence-electron chi connectivity index (χ3n) is 9.50. The molecule has 27 heteroatoms. The summed E-state index contributed by atoms with van der Waals surface area (Å²) in [5.74, 6) is -11.2. The molecule has 0 aromatic carbocycles. The van der Waals surface area contributed by atoms with Gasteiger partial charge in [0.1, 0.15) is 55.2 Å². The molecule has 25 nitrogen and oxygen atoms in total. The van der Waals surface area contributed by atoms with E-state index >= 15 is 0 Å². The first-order valence-electron chi connectivity index (χ1n) is 19.2. The zero-order valence-electron chi connectivity index (χ0n) is 33.6. The third-order valence-corrected chi connectivity index (χ3v) is 12.4. The molecule has 16 N–H and O–H groups in total. The van der Waals surface area contributed by atoms with E-state index in [0.29, 0.717) is 6.42 Å². The van der Waals surface area contributed by atoms with Gasteiger partial charge in [0.05, 0.1) is 46.2 Å². The molecule has 0 radical (unpaired) electrons. The number of hydrogen-bond donors (Lipinski definition) is 12. The number of thioether (sulfide) groups is 2. The summed E-state index contributed by atoms with van der Waals surface area (Å²) in [5.41, 5.74) is 23.8. The van der Waals surface area contributed by atoms with Gasteiger partial charge in [-0.25, -0.2) is 19.9 Å². The number of anilines is 2. The second kappa shape index (κ2) is 25.1. The van der Waals surface area contributed by atoms with E-state index < -0.39 is 107 Å². The molecule has 1 aliphatic rings. The Bertz CT molecular complexity index is 1980. The number of aliphatic carboxylic acids is 4. The van der Waals surface area contributed by atoms with Gasteiger partial charge in [0.25, 0.3) is 0 Å². The predicted molar refractivity (Wildman–Crippen MR) is 224 cm³/mol. The van der Waals surface area contributed by atoms with Crippen molar-refractivity contribution in [3.8, 4) is 0 Å². The van der Waals surface area contributed by atoms with Gasteiger partial charge in [-0.05, 0) is 25.7 Å². The molecule has 2 aromatic heterocycles. The van der Waals surface area contributed by atoms with Gasteiger partial charge in [-0.2, -0.15) is 0 Å². The molecule has 63 heavy (non-hydrogen) atoms. The van der Waals surface area contributed by atoms with E-state index in [1.54, 1.807) is 0 Å². The van der Waals surface area contributed by atoms with Crippen LogP contribution in [0.3, 0.4) is 0 Å². The molecular weight excluding hydrogens is 873 g/mol. The van der Waals surface area contributed by atoms with Crippen molar-refractivity contribution in [2.75, 3.05) is 36.1 Å². The van der Waals surface area contributed by atoms with Crippen molar-refractivity contribution in [3.63, 3.8) is 0 Å². The second-order valence-corrected chi connectivity index (χ2v) is 16.6. The molecule has 2 aromatic rings. The van der Waals surface area contributed by atoms with E-state index in [9.17, 15) is 53.4 Å². The standard InChI is InChI=1S/C36H50N12O13S2/c37-16-8-42-32(43-9-16)31(63-14-23(34(57)45-12-27(53)54)48-25(50)7-5-20(39)36(60)61)18-3-1-2-17(29(18)55)30(28-21(40)10-41-15-46-28)62-13-22(33(56)44-11-26(51)52)47-24(49)6-4-19(38)35(58)59/h8-10,15,17-20,22-23,30-31H,1-7,11-14,37-40H2,(H,44,56)(H,45,57)(H,47,49)(H,48,50)(H,51,52)(H,53,54)(H,58,59)(H,60,61)/t17?,18?,19-,20+,22-,23-,30?,31?/m0/s1. The van der Waals surface area contributed by atoms with E-state index in [0.717, 1.165) is 23.5 Å². The summed E-state index contributed by atoms with van der Waals surface area (Å²) >= 11 is 2.03. The zero-order valence-corrected chi connectivity index (χ0v) is 35.2. The Morgan fingerprint density at radius 1 is 0.698 bits per heavy atom. The molecule has 344 valence electrons. The minimum Gasteiger partial charge on any atom is -0.480 e. The van der Waals surface area contributed by atoms with Crippen molar-refractivity contribution in [2.24, 2.45) is 23.3 Å².